The predicted octanol–water partition coefficient (Wildman–Crippen LogP) is 4.84. The number of pyridine rings is 1. The minimum absolute atomic E-state index is 0.0188. The van der Waals surface area contributed by atoms with Crippen molar-refractivity contribution < 1.29 is 4.79 Å². The summed E-state index contributed by atoms with van der Waals surface area (Å²) in [7, 11) is 1.88. The molecule has 1 amide bonds. The minimum atomic E-state index is -0.219. The summed E-state index contributed by atoms with van der Waals surface area (Å²) in [5.74, 6) is -0.238. The average molecular weight is 345 g/mol. The van der Waals surface area contributed by atoms with Crippen molar-refractivity contribution in [3.8, 4) is 11.1 Å². The average Bonchev–Trinajstić information content (AvgIpc) is 2.68. The standard InChI is InChI=1S/C22H23N3O/c1-15-14-19(12-13-24-15)18-6-10-21(11-7-18)25-22(26)16(2)17-4-8-20(23-3)9-5-17/h4-14,16,23H,1-3H3,(H,25,26). The maximum Gasteiger partial charge on any atom is 0.231 e. The Kier molecular flexibility index (Phi) is 5.32. The highest BCUT2D eigenvalue weighted by molar-refractivity contribution is 5.95. The molecule has 1 heterocycles. The van der Waals surface area contributed by atoms with Crippen LogP contribution in [0.4, 0.5) is 11.4 Å². The highest BCUT2D eigenvalue weighted by Crippen LogP contribution is 2.23. The van der Waals surface area contributed by atoms with E-state index in [1.165, 1.54) is 0 Å². The second-order valence-electron chi connectivity index (χ2n) is 6.35. The smallest absolute Gasteiger partial charge is 0.231 e. The molecular formula is C22H23N3O. The van der Waals surface area contributed by atoms with Crippen LogP contribution in [0.1, 0.15) is 24.1 Å². The maximum absolute atomic E-state index is 12.5. The van der Waals surface area contributed by atoms with Gasteiger partial charge in [0, 0.05) is 30.3 Å². The van der Waals surface area contributed by atoms with Gasteiger partial charge in [-0.1, -0.05) is 24.3 Å². The molecule has 0 spiro atoms. The summed E-state index contributed by atoms with van der Waals surface area (Å²) >= 11 is 0. The van der Waals surface area contributed by atoms with E-state index in [-0.39, 0.29) is 11.8 Å². The van der Waals surface area contributed by atoms with E-state index < -0.39 is 0 Å². The van der Waals surface area contributed by atoms with Crippen LogP contribution in [-0.4, -0.2) is 17.9 Å². The van der Waals surface area contributed by atoms with E-state index in [1.54, 1.807) is 6.20 Å². The molecule has 3 rings (SSSR count). The number of aryl methyl sites for hydroxylation is 1. The summed E-state index contributed by atoms with van der Waals surface area (Å²) in [5, 5.41) is 6.07. The number of amides is 1. The van der Waals surface area contributed by atoms with Crippen LogP contribution in [0.25, 0.3) is 11.1 Å². The van der Waals surface area contributed by atoms with Crippen LogP contribution in [0.15, 0.2) is 66.9 Å². The van der Waals surface area contributed by atoms with E-state index in [2.05, 4.69) is 15.6 Å². The van der Waals surface area contributed by atoms with Gasteiger partial charge in [-0.3, -0.25) is 9.78 Å². The molecule has 0 aliphatic rings. The molecule has 132 valence electrons. The number of nitrogens with zero attached hydrogens (tertiary/aromatic N) is 1. The van der Waals surface area contributed by atoms with Crippen molar-refractivity contribution in [3.05, 3.63) is 78.1 Å². The van der Waals surface area contributed by atoms with Gasteiger partial charge in [0.15, 0.2) is 0 Å². The molecule has 1 unspecified atom stereocenters. The normalized spacial score (nSPS) is 11.7. The molecule has 4 nitrogen and oxygen atoms in total. The van der Waals surface area contributed by atoms with E-state index in [1.807, 2.05) is 81.6 Å². The van der Waals surface area contributed by atoms with Crippen molar-refractivity contribution in [2.24, 2.45) is 0 Å². The van der Waals surface area contributed by atoms with Gasteiger partial charge in [-0.15, -0.1) is 0 Å². The van der Waals surface area contributed by atoms with Crippen molar-refractivity contribution >= 4 is 17.3 Å². The number of rotatable bonds is 5. The van der Waals surface area contributed by atoms with Crippen LogP contribution in [0.5, 0.6) is 0 Å². The molecule has 1 atom stereocenters. The fourth-order valence-electron chi connectivity index (χ4n) is 2.81. The minimum Gasteiger partial charge on any atom is -0.388 e. The fraction of sp³-hybridized carbons (Fsp3) is 0.182. The largest absolute Gasteiger partial charge is 0.388 e. The van der Waals surface area contributed by atoms with Gasteiger partial charge in [-0.05, 0) is 66.9 Å². The summed E-state index contributed by atoms with van der Waals surface area (Å²) < 4.78 is 0. The highest BCUT2D eigenvalue weighted by atomic mass is 16.1. The Hall–Kier alpha value is -3.14. The lowest BCUT2D eigenvalue weighted by Crippen LogP contribution is -2.18. The third-order valence-corrected chi connectivity index (χ3v) is 4.48. The zero-order valence-corrected chi connectivity index (χ0v) is 15.3. The van der Waals surface area contributed by atoms with Crippen LogP contribution in [0.2, 0.25) is 0 Å². The number of anilines is 2. The van der Waals surface area contributed by atoms with Crippen molar-refractivity contribution in [1.82, 2.24) is 4.98 Å². The Labute approximate surface area is 154 Å². The Morgan fingerprint density at radius 3 is 2.19 bits per heavy atom. The molecule has 4 heteroatoms. The van der Waals surface area contributed by atoms with E-state index >= 15 is 0 Å². The lowest BCUT2D eigenvalue weighted by atomic mass is 10.00. The summed E-state index contributed by atoms with van der Waals surface area (Å²) in [6, 6.07) is 19.8. The molecule has 0 aliphatic carbocycles. The van der Waals surface area contributed by atoms with Gasteiger partial charge >= 0.3 is 0 Å². The predicted molar refractivity (Wildman–Crippen MR) is 107 cm³/mol. The summed E-state index contributed by atoms with van der Waals surface area (Å²) in [6.45, 7) is 3.89. The van der Waals surface area contributed by atoms with Gasteiger partial charge in [0.25, 0.3) is 0 Å². The number of carbonyl (C=O) groups excluding carboxylic acids is 1. The second kappa shape index (κ2) is 7.83. The molecule has 3 aromatic rings. The molecule has 2 N–H and O–H groups in total. The summed E-state index contributed by atoms with van der Waals surface area (Å²) in [5.41, 5.74) is 6.02. The van der Waals surface area contributed by atoms with Crippen molar-refractivity contribution in [1.29, 1.82) is 0 Å². The lowest BCUT2D eigenvalue weighted by molar-refractivity contribution is -0.117. The fourth-order valence-corrected chi connectivity index (χ4v) is 2.81. The highest BCUT2D eigenvalue weighted by Gasteiger charge is 2.15. The van der Waals surface area contributed by atoms with Gasteiger partial charge < -0.3 is 10.6 Å². The first kappa shape index (κ1) is 17.7. The molecule has 0 bridgehead atoms. The molecule has 0 saturated heterocycles. The number of nitrogens with one attached hydrogen (secondary N) is 2. The maximum atomic E-state index is 12.5. The molecule has 26 heavy (non-hydrogen) atoms. The molecule has 1 aromatic heterocycles. The number of benzene rings is 2. The van der Waals surface area contributed by atoms with Crippen LogP contribution in [0, 0.1) is 6.92 Å². The Balaban J connectivity index is 1.68. The van der Waals surface area contributed by atoms with E-state index in [4.69, 9.17) is 0 Å². The number of carbonyl (C=O) groups is 1. The number of aromatic nitrogens is 1. The molecule has 0 radical (unpaired) electrons. The summed E-state index contributed by atoms with van der Waals surface area (Å²) in [6.07, 6.45) is 1.81. The molecular weight excluding hydrogens is 322 g/mol. The Morgan fingerprint density at radius 1 is 0.923 bits per heavy atom. The SMILES string of the molecule is CNc1ccc(C(C)C(=O)Nc2ccc(-c3ccnc(C)c3)cc2)cc1. The van der Waals surface area contributed by atoms with Crippen molar-refractivity contribution in [2.45, 2.75) is 19.8 Å². The monoisotopic (exact) mass is 345 g/mol. The van der Waals surface area contributed by atoms with Gasteiger partial charge in [0.2, 0.25) is 5.91 Å². The second-order valence-corrected chi connectivity index (χ2v) is 6.35. The Bertz CT molecular complexity index is 886. The summed E-state index contributed by atoms with van der Waals surface area (Å²) in [4.78, 5) is 16.8. The van der Waals surface area contributed by atoms with Crippen molar-refractivity contribution in [3.63, 3.8) is 0 Å². The Morgan fingerprint density at radius 2 is 1.58 bits per heavy atom. The molecule has 0 saturated carbocycles. The van der Waals surface area contributed by atoms with Crippen LogP contribution >= 0.6 is 0 Å². The van der Waals surface area contributed by atoms with Crippen molar-refractivity contribution in [2.75, 3.05) is 17.7 Å². The van der Waals surface area contributed by atoms with Gasteiger partial charge in [0.1, 0.15) is 0 Å². The van der Waals surface area contributed by atoms with Crippen LogP contribution < -0.4 is 10.6 Å². The number of hydrogen-bond donors (Lipinski definition) is 2. The first-order chi connectivity index (χ1) is 12.6. The molecule has 2 aromatic carbocycles. The third-order valence-electron chi connectivity index (χ3n) is 4.48. The quantitative estimate of drug-likeness (QED) is 0.695. The van der Waals surface area contributed by atoms with E-state index in [0.29, 0.717) is 0 Å². The third kappa shape index (κ3) is 4.09. The van der Waals surface area contributed by atoms with Gasteiger partial charge in [-0.25, -0.2) is 0 Å². The number of hydrogen-bond acceptors (Lipinski definition) is 3. The zero-order valence-electron chi connectivity index (χ0n) is 15.3. The first-order valence-electron chi connectivity index (χ1n) is 8.68. The van der Waals surface area contributed by atoms with E-state index in [9.17, 15) is 4.79 Å². The molecule has 0 aliphatic heterocycles. The van der Waals surface area contributed by atoms with Gasteiger partial charge in [-0.2, -0.15) is 0 Å². The first-order valence-corrected chi connectivity index (χ1v) is 8.68. The van der Waals surface area contributed by atoms with E-state index in [0.717, 1.165) is 33.8 Å². The van der Waals surface area contributed by atoms with Crippen LogP contribution in [-0.2, 0) is 4.79 Å². The van der Waals surface area contributed by atoms with Gasteiger partial charge in [0.05, 0.1) is 5.92 Å². The zero-order chi connectivity index (χ0) is 18.5. The lowest BCUT2D eigenvalue weighted by Gasteiger charge is -2.13. The topological polar surface area (TPSA) is 54.0 Å². The molecule has 0 fully saturated rings. The van der Waals surface area contributed by atoms with Crippen LogP contribution in [0.3, 0.4) is 0 Å².